The summed E-state index contributed by atoms with van der Waals surface area (Å²) in [6.45, 7) is 17.2. The smallest absolute Gasteiger partial charge is 0.408 e. The highest BCUT2D eigenvalue weighted by molar-refractivity contribution is 7.98. The Hall–Kier alpha value is -2.84. The number of nitrogens with zero attached hydrogens (tertiary/aromatic N) is 1. The van der Waals surface area contributed by atoms with E-state index in [9.17, 15) is 9.59 Å². The van der Waals surface area contributed by atoms with Crippen molar-refractivity contribution in [3.05, 3.63) is 65.2 Å². The molecule has 2 aliphatic rings. The number of ether oxygens (including phenoxy) is 2. The summed E-state index contributed by atoms with van der Waals surface area (Å²) in [6.07, 6.45) is 6.92. The SMILES string of the molecule is C=CCC1CCC1CN1CC(c2ccc(Cl)cc2CCC)COc2ccc(SNC(=O)C(C)(C)NC(=O)OC(C)(C)C)cc21. The monoisotopic (exact) mass is 641 g/mol. The maximum Gasteiger partial charge on any atom is 0.408 e. The second-order valence-electron chi connectivity index (χ2n) is 13.5. The van der Waals surface area contributed by atoms with Crippen molar-refractivity contribution < 1.29 is 19.1 Å². The van der Waals surface area contributed by atoms with E-state index in [1.54, 1.807) is 34.6 Å². The van der Waals surface area contributed by atoms with Gasteiger partial charge < -0.3 is 19.7 Å². The average Bonchev–Trinajstić information content (AvgIpc) is 3.10. The number of benzene rings is 2. The van der Waals surface area contributed by atoms with Crippen molar-refractivity contribution in [3.63, 3.8) is 0 Å². The van der Waals surface area contributed by atoms with Gasteiger partial charge in [0.1, 0.15) is 16.9 Å². The van der Waals surface area contributed by atoms with Crippen LogP contribution in [0.5, 0.6) is 5.75 Å². The predicted molar refractivity (Wildman–Crippen MR) is 181 cm³/mol. The summed E-state index contributed by atoms with van der Waals surface area (Å²) >= 11 is 7.64. The zero-order valence-electron chi connectivity index (χ0n) is 27.0. The van der Waals surface area contributed by atoms with Gasteiger partial charge in [-0.25, -0.2) is 4.79 Å². The van der Waals surface area contributed by atoms with Crippen molar-refractivity contribution in [2.24, 2.45) is 11.8 Å². The lowest BCUT2D eigenvalue weighted by molar-refractivity contribution is -0.124. The summed E-state index contributed by atoms with van der Waals surface area (Å²) in [5.41, 5.74) is 1.80. The van der Waals surface area contributed by atoms with Crippen molar-refractivity contribution in [3.8, 4) is 5.75 Å². The van der Waals surface area contributed by atoms with E-state index in [0.29, 0.717) is 18.4 Å². The first-order valence-corrected chi connectivity index (χ1v) is 16.9. The summed E-state index contributed by atoms with van der Waals surface area (Å²) < 4.78 is 14.7. The maximum atomic E-state index is 13.1. The largest absolute Gasteiger partial charge is 0.491 e. The summed E-state index contributed by atoms with van der Waals surface area (Å²) in [7, 11) is 0. The van der Waals surface area contributed by atoms with Gasteiger partial charge in [-0.3, -0.25) is 9.52 Å². The lowest BCUT2D eigenvalue weighted by Crippen LogP contribution is -2.54. The van der Waals surface area contributed by atoms with Crippen LogP contribution in [-0.4, -0.2) is 42.8 Å². The first-order valence-electron chi connectivity index (χ1n) is 15.7. The molecule has 0 bridgehead atoms. The molecular formula is C35H48ClN3O4S. The normalized spacial score (nSPS) is 20.0. The summed E-state index contributed by atoms with van der Waals surface area (Å²) in [6, 6.07) is 12.3. The summed E-state index contributed by atoms with van der Waals surface area (Å²) in [5.74, 6) is 1.96. The van der Waals surface area contributed by atoms with Crippen LogP contribution in [0.25, 0.3) is 0 Å². The van der Waals surface area contributed by atoms with Crippen LogP contribution in [0.2, 0.25) is 5.02 Å². The first-order chi connectivity index (χ1) is 20.8. The van der Waals surface area contributed by atoms with Gasteiger partial charge in [-0.1, -0.05) is 37.1 Å². The van der Waals surface area contributed by atoms with Crippen molar-refractivity contribution in [2.45, 2.75) is 95.6 Å². The molecule has 1 aliphatic carbocycles. The molecule has 1 heterocycles. The first kappa shape index (κ1) is 34.0. The third-order valence-corrected chi connectivity index (χ3v) is 9.37. The van der Waals surface area contributed by atoms with Crippen molar-refractivity contribution >= 4 is 41.2 Å². The third kappa shape index (κ3) is 8.87. The Bertz CT molecular complexity index is 1340. The van der Waals surface area contributed by atoms with Gasteiger partial charge in [0.25, 0.3) is 5.91 Å². The van der Waals surface area contributed by atoms with Gasteiger partial charge in [0.15, 0.2) is 0 Å². The predicted octanol–water partition coefficient (Wildman–Crippen LogP) is 8.30. The number of rotatable bonds is 11. The molecule has 0 radical (unpaired) electrons. The van der Waals surface area contributed by atoms with Crippen LogP contribution in [0.3, 0.4) is 0 Å². The van der Waals surface area contributed by atoms with Gasteiger partial charge in [0.05, 0.1) is 12.3 Å². The van der Waals surface area contributed by atoms with Crippen LogP contribution in [0.15, 0.2) is 53.9 Å². The van der Waals surface area contributed by atoms with Gasteiger partial charge in [-0.2, -0.15) is 0 Å². The van der Waals surface area contributed by atoms with Crippen LogP contribution in [0, 0.1) is 11.8 Å². The molecule has 2 aromatic carbocycles. The van der Waals surface area contributed by atoms with Crippen molar-refractivity contribution in [1.82, 2.24) is 10.0 Å². The number of allylic oxidation sites excluding steroid dienone is 1. The van der Waals surface area contributed by atoms with Crippen LogP contribution < -0.4 is 19.7 Å². The quantitative estimate of drug-likeness (QED) is 0.190. The van der Waals surface area contributed by atoms with Crippen molar-refractivity contribution in [1.29, 1.82) is 0 Å². The number of aryl methyl sites for hydroxylation is 1. The van der Waals surface area contributed by atoms with Gasteiger partial charge in [0, 0.05) is 28.9 Å². The molecule has 3 atom stereocenters. The number of alkyl carbamates (subject to hydrolysis) is 1. The van der Waals surface area contributed by atoms with E-state index in [4.69, 9.17) is 21.1 Å². The second-order valence-corrected chi connectivity index (χ2v) is 14.9. The van der Waals surface area contributed by atoms with Crippen LogP contribution in [-0.2, 0) is 16.0 Å². The van der Waals surface area contributed by atoms with Gasteiger partial charge in [0.2, 0.25) is 0 Å². The molecule has 1 saturated carbocycles. The van der Waals surface area contributed by atoms with E-state index in [0.717, 1.165) is 53.7 Å². The zero-order valence-corrected chi connectivity index (χ0v) is 28.6. The Morgan fingerprint density at radius 1 is 1.14 bits per heavy atom. The number of carbonyl (C=O) groups is 2. The number of amides is 2. The minimum Gasteiger partial charge on any atom is -0.491 e. The minimum atomic E-state index is -1.16. The third-order valence-electron chi connectivity index (χ3n) is 8.36. The van der Waals surface area contributed by atoms with E-state index in [-0.39, 0.29) is 11.8 Å². The summed E-state index contributed by atoms with van der Waals surface area (Å²) in [5, 5.41) is 3.44. The Morgan fingerprint density at radius 2 is 1.89 bits per heavy atom. The molecule has 2 aromatic rings. The Kier molecular flexibility index (Phi) is 11.2. The highest BCUT2D eigenvalue weighted by atomic mass is 35.5. The van der Waals surface area contributed by atoms with E-state index in [1.807, 2.05) is 24.3 Å². The molecular weight excluding hydrogens is 594 g/mol. The van der Waals surface area contributed by atoms with E-state index < -0.39 is 17.2 Å². The van der Waals surface area contributed by atoms with Crippen LogP contribution >= 0.6 is 23.5 Å². The highest BCUT2D eigenvalue weighted by Crippen LogP contribution is 2.43. The molecule has 44 heavy (non-hydrogen) atoms. The number of carbonyl (C=O) groups excluding carboxylic acids is 2. The topological polar surface area (TPSA) is 79.9 Å². The average molecular weight is 642 g/mol. The van der Waals surface area contributed by atoms with Crippen LogP contribution in [0.4, 0.5) is 10.5 Å². The van der Waals surface area contributed by atoms with Crippen molar-refractivity contribution in [2.75, 3.05) is 24.6 Å². The molecule has 1 fully saturated rings. The lowest BCUT2D eigenvalue weighted by atomic mass is 9.71. The number of nitrogens with one attached hydrogen (secondary N) is 2. The number of hydrogen-bond donors (Lipinski definition) is 2. The fraction of sp³-hybridized carbons (Fsp3) is 0.543. The van der Waals surface area contributed by atoms with E-state index >= 15 is 0 Å². The zero-order chi connectivity index (χ0) is 32.1. The molecule has 240 valence electrons. The highest BCUT2D eigenvalue weighted by Gasteiger charge is 2.35. The second kappa shape index (κ2) is 14.5. The molecule has 7 nitrogen and oxygen atoms in total. The number of anilines is 1. The standard InChI is InChI=1S/C35H48ClN3O4S/c1-8-10-23-12-13-25(23)20-39-21-26(29-16-14-27(36)18-24(29)11-9-2)22-42-31-17-15-28(19-30(31)39)44-38-32(40)35(6,7)37-33(41)43-34(3,4)5/h8,14-19,23,25-26H,1,9-13,20-22H2,2-7H3,(H,37,41)(H,38,40). The summed E-state index contributed by atoms with van der Waals surface area (Å²) in [4.78, 5) is 28.8. The van der Waals surface area contributed by atoms with E-state index in [1.165, 1.54) is 35.9 Å². The molecule has 4 rings (SSSR count). The molecule has 0 aromatic heterocycles. The molecule has 2 N–H and O–H groups in total. The number of halogens is 1. The molecule has 1 aliphatic heterocycles. The molecule has 0 saturated heterocycles. The minimum absolute atomic E-state index is 0.190. The van der Waals surface area contributed by atoms with Gasteiger partial charge in [-0.05, 0) is 126 Å². The maximum absolute atomic E-state index is 13.1. The van der Waals surface area contributed by atoms with Gasteiger partial charge in [-0.15, -0.1) is 6.58 Å². The fourth-order valence-corrected chi connectivity index (χ4v) is 6.86. The molecule has 2 amide bonds. The lowest BCUT2D eigenvalue weighted by Gasteiger charge is -2.41. The van der Waals surface area contributed by atoms with Crippen LogP contribution in [0.1, 0.15) is 84.3 Å². The van der Waals surface area contributed by atoms with E-state index in [2.05, 4.69) is 46.6 Å². The number of fused-ring (bicyclic) bond motifs is 1. The molecule has 9 heteroatoms. The molecule has 0 spiro atoms. The Labute approximate surface area is 272 Å². The molecule has 3 unspecified atom stereocenters. The Balaban J connectivity index is 1.54. The fourth-order valence-electron chi connectivity index (χ4n) is 5.89. The van der Waals surface area contributed by atoms with Gasteiger partial charge >= 0.3 is 6.09 Å². The number of hydrogen-bond acceptors (Lipinski definition) is 6. The Morgan fingerprint density at radius 3 is 2.55 bits per heavy atom.